The lowest BCUT2D eigenvalue weighted by atomic mass is 10.1. The fourth-order valence-electron chi connectivity index (χ4n) is 2.73. The zero-order valence-corrected chi connectivity index (χ0v) is 13.3. The van der Waals surface area contributed by atoms with Gasteiger partial charge in [-0.05, 0) is 18.2 Å². The molecule has 0 aromatic carbocycles. The third kappa shape index (κ3) is 3.34. The number of morpholine rings is 1. The zero-order chi connectivity index (χ0) is 16.2. The molecule has 1 saturated heterocycles. The second-order valence-corrected chi connectivity index (χ2v) is 5.70. The van der Waals surface area contributed by atoms with E-state index in [9.17, 15) is 0 Å². The Morgan fingerprint density at radius 3 is 2.79 bits per heavy atom. The molecule has 3 aromatic rings. The molecule has 0 unspecified atom stereocenters. The summed E-state index contributed by atoms with van der Waals surface area (Å²) in [7, 11) is 0. The van der Waals surface area contributed by atoms with Crippen LogP contribution in [0.2, 0.25) is 0 Å². The molecule has 1 aliphatic heterocycles. The van der Waals surface area contributed by atoms with Crippen molar-refractivity contribution < 1.29 is 4.74 Å². The summed E-state index contributed by atoms with van der Waals surface area (Å²) in [5.74, 6) is 0.877. The molecule has 0 aliphatic carbocycles. The van der Waals surface area contributed by atoms with Crippen molar-refractivity contribution in [1.82, 2.24) is 30.3 Å². The number of aromatic amines is 1. The van der Waals surface area contributed by atoms with E-state index in [4.69, 9.17) is 4.74 Å². The highest BCUT2D eigenvalue weighted by Gasteiger charge is 2.09. The third-order valence-corrected chi connectivity index (χ3v) is 4.11. The highest BCUT2D eigenvalue weighted by atomic mass is 16.5. The standard InChI is InChI=1S/C16H19N7O/c1-2-15(17-3-4-23-5-7-24-8-6-23)18-10-12(1)13-9-14-16(19-11-13)21-22-20-14/h1-2,9-11H,3-8H2,(H,17,18)(H,19,20,21,22). The molecule has 4 rings (SSSR count). The predicted octanol–water partition coefficient (Wildman–Crippen LogP) is 1.16. The first kappa shape index (κ1) is 15.0. The van der Waals surface area contributed by atoms with Gasteiger partial charge in [0.05, 0.1) is 13.2 Å². The normalized spacial score (nSPS) is 15.7. The van der Waals surface area contributed by atoms with Gasteiger partial charge in [0, 0.05) is 49.7 Å². The first-order valence-corrected chi connectivity index (χ1v) is 8.05. The Hall–Kier alpha value is -2.58. The molecule has 0 saturated carbocycles. The molecule has 1 aliphatic rings. The number of H-pyrrole nitrogens is 1. The van der Waals surface area contributed by atoms with Crippen molar-refractivity contribution >= 4 is 17.0 Å². The molecule has 0 bridgehead atoms. The quantitative estimate of drug-likeness (QED) is 0.727. The Bertz CT molecular complexity index is 796. The van der Waals surface area contributed by atoms with Gasteiger partial charge in [-0.2, -0.15) is 10.3 Å². The number of ether oxygens (including phenoxy) is 1. The molecular formula is C16H19N7O. The number of nitrogens with one attached hydrogen (secondary N) is 2. The van der Waals surface area contributed by atoms with Gasteiger partial charge >= 0.3 is 0 Å². The van der Waals surface area contributed by atoms with Gasteiger partial charge in [-0.1, -0.05) is 0 Å². The van der Waals surface area contributed by atoms with Crippen LogP contribution in [0.1, 0.15) is 0 Å². The van der Waals surface area contributed by atoms with Crippen LogP contribution in [-0.4, -0.2) is 69.7 Å². The Morgan fingerprint density at radius 2 is 1.96 bits per heavy atom. The maximum absolute atomic E-state index is 5.35. The van der Waals surface area contributed by atoms with Crippen molar-refractivity contribution in [3.8, 4) is 11.1 Å². The average molecular weight is 325 g/mol. The molecule has 1 fully saturated rings. The molecule has 0 atom stereocenters. The number of aromatic nitrogens is 5. The largest absolute Gasteiger partial charge is 0.379 e. The first-order chi connectivity index (χ1) is 11.9. The molecule has 0 amide bonds. The molecule has 2 N–H and O–H groups in total. The third-order valence-electron chi connectivity index (χ3n) is 4.11. The van der Waals surface area contributed by atoms with Crippen LogP contribution >= 0.6 is 0 Å². The van der Waals surface area contributed by atoms with Gasteiger partial charge in [0.2, 0.25) is 5.65 Å². The van der Waals surface area contributed by atoms with Crippen molar-refractivity contribution in [3.05, 3.63) is 30.6 Å². The molecule has 0 radical (unpaired) electrons. The summed E-state index contributed by atoms with van der Waals surface area (Å²) in [5, 5.41) is 14.0. The van der Waals surface area contributed by atoms with Gasteiger partial charge in [-0.3, -0.25) is 4.90 Å². The van der Waals surface area contributed by atoms with E-state index in [0.717, 1.165) is 61.9 Å². The molecule has 124 valence electrons. The summed E-state index contributed by atoms with van der Waals surface area (Å²) >= 11 is 0. The van der Waals surface area contributed by atoms with Crippen LogP contribution in [0.3, 0.4) is 0 Å². The van der Waals surface area contributed by atoms with E-state index in [-0.39, 0.29) is 0 Å². The molecule has 3 aromatic heterocycles. The monoisotopic (exact) mass is 325 g/mol. The maximum Gasteiger partial charge on any atom is 0.201 e. The van der Waals surface area contributed by atoms with Crippen molar-refractivity contribution in [3.63, 3.8) is 0 Å². The minimum absolute atomic E-state index is 0.619. The minimum Gasteiger partial charge on any atom is -0.379 e. The van der Waals surface area contributed by atoms with Crippen molar-refractivity contribution in [1.29, 1.82) is 0 Å². The topological polar surface area (TPSA) is 91.9 Å². The number of hydrogen-bond acceptors (Lipinski definition) is 7. The van der Waals surface area contributed by atoms with Gasteiger partial charge in [-0.25, -0.2) is 9.97 Å². The van der Waals surface area contributed by atoms with Crippen LogP contribution in [0.4, 0.5) is 5.82 Å². The van der Waals surface area contributed by atoms with E-state index < -0.39 is 0 Å². The van der Waals surface area contributed by atoms with Crippen LogP contribution in [0.15, 0.2) is 30.6 Å². The molecule has 24 heavy (non-hydrogen) atoms. The zero-order valence-electron chi connectivity index (χ0n) is 13.3. The van der Waals surface area contributed by atoms with Crippen LogP contribution in [0.25, 0.3) is 22.3 Å². The highest BCUT2D eigenvalue weighted by Crippen LogP contribution is 2.21. The lowest BCUT2D eigenvalue weighted by molar-refractivity contribution is 0.0398. The fourth-order valence-corrected chi connectivity index (χ4v) is 2.73. The Kier molecular flexibility index (Phi) is 4.30. The lowest BCUT2D eigenvalue weighted by Crippen LogP contribution is -2.39. The summed E-state index contributed by atoms with van der Waals surface area (Å²) in [4.78, 5) is 11.1. The smallest absolute Gasteiger partial charge is 0.201 e. The maximum atomic E-state index is 5.35. The van der Waals surface area contributed by atoms with Crippen molar-refractivity contribution in [2.45, 2.75) is 0 Å². The Morgan fingerprint density at radius 1 is 1.08 bits per heavy atom. The van der Waals surface area contributed by atoms with E-state index >= 15 is 0 Å². The number of anilines is 1. The van der Waals surface area contributed by atoms with Crippen molar-refractivity contribution in [2.75, 3.05) is 44.7 Å². The average Bonchev–Trinajstić information content (AvgIpc) is 3.11. The fraction of sp³-hybridized carbons (Fsp3) is 0.375. The van der Waals surface area contributed by atoms with Gasteiger partial charge < -0.3 is 10.1 Å². The molecular weight excluding hydrogens is 306 g/mol. The first-order valence-electron chi connectivity index (χ1n) is 8.05. The van der Waals surface area contributed by atoms with Crippen LogP contribution in [-0.2, 0) is 4.74 Å². The highest BCUT2D eigenvalue weighted by molar-refractivity contribution is 5.76. The minimum atomic E-state index is 0.619. The number of fused-ring (bicyclic) bond motifs is 1. The van der Waals surface area contributed by atoms with Crippen LogP contribution in [0, 0.1) is 0 Å². The van der Waals surface area contributed by atoms with E-state index in [0.29, 0.717) is 5.65 Å². The number of pyridine rings is 2. The van der Waals surface area contributed by atoms with Crippen LogP contribution < -0.4 is 5.32 Å². The summed E-state index contributed by atoms with van der Waals surface area (Å²) in [6.07, 6.45) is 3.63. The number of nitrogens with zero attached hydrogens (tertiary/aromatic N) is 5. The summed E-state index contributed by atoms with van der Waals surface area (Å²) in [6.45, 7) is 5.54. The lowest BCUT2D eigenvalue weighted by Gasteiger charge is -2.26. The van der Waals surface area contributed by atoms with E-state index in [1.54, 1.807) is 6.20 Å². The number of hydrogen-bond donors (Lipinski definition) is 2. The predicted molar refractivity (Wildman–Crippen MR) is 90.7 cm³/mol. The molecule has 0 spiro atoms. The summed E-state index contributed by atoms with van der Waals surface area (Å²) in [5.41, 5.74) is 3.35. The van der Waals surface area contributed by atoms with Gasteiger partial charge in [-0.15, -0.1) is 5.10 Å². The summed E-state index contributed by atoms with van der Waals surface area (Å²) < 4.78 is 5.35. The van der Waals surface area contributed by atoms with Gasteiger partial charge in [0.15, 0.2) is 0 Å². The molecule has 4 heterocycles. The Labute approximate surface area is 139 Å². The second kappa shape index (κ2) is 6.90. The molecule has 8 heteroatoms. The van der Waals surface area contributed by atoms with Gasteiger partial charge in [0.1, 0.15) is 11.3 Å². The number of rotatable bonds is 5. The Balaban J connectivity index is 1.37. The van der Waals surface area contributed by atoms with E-state index in [2.05, 4.69) is 35.6 Å². The summed E-state index contributed by atoms with van der Waals surface area (Å²) in [6, 6.07) is 5.98. The van der Waals surface area contributed by atoms with Gasteiger partial charge in [0.25, 0.3) is 0 Å². The van der Waals surface area contributed by atoms with Crippen molar-refractivity contribution in [2.24, 2.45) is 0 Å². The van der Waals surface area contributed by atoms with E-state index in [1.807, 2.05) is 24.4 Å². The second-order valence-electron chi connectivity index (χ2n) is 5.70. The molecule has 8 nitrogen and oxygen atoms in total. The van der Waals surface area contributed by atoms with E-state index in [1.165, 1.54) is 0 Å². The SMILES string of the molecule is c1cc(NCCN2CCOCC2)ncc1-c1cnc2n[nH]nc2c1. The van der Waals surface area contributed by atoms with Crippen LogP contribution in [0.5, 0.6) is 0 Å².